The van der Waals surface area contributed by atoms with Gasteiger partial charge in [-0.05, 0) is 25.8 Å². The van der Waals surface area contributed by atoms with Gasteiger partial charge in [-0.15, -0.1) is 11.3 Å². The van der Waals surface area contributed by atoms with Gasteiger partial charge in [-0.2, -0.15) is 0 Å². The number of likely N-dealkylation sites (N-methyl/N-ethyl adjacent to an activating group) is 1. The topological polar surface area (TPSA) is 50.3 Å². The van der Waals surface area contributed by atoms with Gasteiger partial charge in [0.05, 0.1) is 22.7 Å². The van der Waals surface area contributed by atoms with E-state index in [0.29, 0.717) is 24.3 Å². The van der Waals surface area contributed by atoms with Gasteiger partial charge in [-0.1, -0.05) is 38.1 Å². The average Bonchev–Trinajstić information content (AvgIpc) is 3.02. The lowest BCUT2D eigenvalue weighted by atomic mass is 9.81. The van der Waals surface area contributed by atoms with Crippen molar-refractivity contribution in [3.63, 3.8) is 0 Å². The van der Waals surface area contributed by atoms with Crippen molar-refractivity contribution < 1.29 is 9.59 Å². The number of carbonyl (C=O) groups is 2. The van der Waals surface area contributed by atoms with E-state index in [9.17, 15) is 9.59 Å². The first-order chi connectivity index (χ1) is 12.3. The van der Waals surface area contributed by atoms with Crippen molar-refractivity contribution in [1.29, 1.82) is 0 Å². The van der Waals surface area contributed by atoms with E-state index < -0.39 is 0 Å². The first-order valence-corrected chi connectivity index (χ1v) is 9.99. The number of hydrogen-bond acceptors (Lipinski definition) is 4. The molecule has 0 saturated heterocycles. The van der Waals surface area contributed by atoms with E-state index in [0.717, 1.165) is 21.1 Å². The SMILES string of the molecule is Cc1nc(C(C)C)sc1C(C)N(C)C(=O)C1CCC(=O)c2ccccc21. The summed E-state index contributed by atoms with van der Waals surface area (Å²) in [4.78, 5) is 33.0. The van der Waals surface area contributed by atoms with Crippen molar-refractivity contribution in [3.8, 4) is 0 Å². The van der Waals surface area contributed by atoms with Crippen LogP contribution in [0.5, 0.6) is 0 Å². The molecule has 0 radical (unpaired) electrons. The van der Waals surface area contributed by atoms with Crippen LogP contribution in [-0.2, 0) is 4.79 Å². The second-order valence-corrected chi connectivity index (χ2v) is 8.45. The number of benzene rings is 1. The summed E-state index contributed by atoms with van der Waals surface area (Å²) in [7, 11) is 1.86. The second-order valence-electron chi connectivity index (χ2n) is 7.38. The highest BCUT2D eigenvalue weighted by molar-refractivity contribution is 7.11. The lowest BCUT2D eigenvalue weighted by Crippen LogP contribution is -2.36. The maximum absolute atomic E-state index is 13.2. The molecule has 138 valence electrons. The third-order valence-corrected chi connectivity index (χ3v) is 6.87. The highest BCUT2D eigenvalue weighted by Gasteiger charge is 2.34. The molecule has 1 heterocycles. The van der Waals surface area contributed by atoms with Crippen LogP contribution in [0.4, 0.5) is 0 Å². The Morgan fingerprint density at radius 2 is 1.96 bits per heavy atom. The van der Waals surface area contributed by atoms with Gasteiger partial charge in [0.1, 0.15) is 0 Å². The third-order valence-electron chi connectivity index (χ3n) is 5.25. The lowest BCUT2D eigenvalue weighted by molar-refractivity contribution is -0.133. The van der Waals surface area contributed by atoms with E-state index in [1.807, 2.05) is 43.1 Å². The molecule has 1 aromatic carbocycles. The average molecular weight is 371 g/mol. The lowest BCUT2D eigenvalue weighted by Gasteiger charge is -2.31. The summed E-state index contributed by atoms with van der Waals surface area (Å²) >= 11 is 1.69. The fraction of sp³-hybridized carbons (Fsp3) is 0.476. The Labute approximate surface area is 159 Å². The van der Waals surface area contributed by atoms with Gasteiger partial charge in [0.25, 0.3) is 0 Å². The number of carbonyl (C=O) groups excluding carboxylic acids is 2. The van der Waals surface area contributed by atoms with E-state index in [-0.39, 0.29) is 23.7 Å². The zero-order valence-electron chi connectivity index (χ0n) is 16.1. The van der Waals surface area contributed by atoms with E-state index in [1.54, 1.807) is 11.3 Å². The second kappa shape index (κ2) is 7.31. The molecule has 2 unspecified atom stereocenters. The molecule has 3 rings (SSSR count). The number of hydrogen-bond donors (Lipinski definition) is 0. The van der Waals surface area contributed by atoms with E-state index in [4.69, 9.17) is 0 Å². The Morgan fingerprint density at radius 3 is 2.62 bits per heavy atom. The molecular formula is C21H26N2O2S. The number of ketones is 1. The van der Waals surface area contributed by atoms with Gasteiger partial charge in [0, 0.05) is 29.8 Å². The molecule has 5 heteroatoms. The smallest absolute Gasteiger partial charge is 0.230 e. The molecule has 0 aliphatic heterocycles. The van der Waals surface area contributed by atoms with Crippen LogP contribution in [0.3, 0.4) is 0 Å². The van der Waals surface area contributed by atoms with E-state index >= 15 is 0 Å². The Bertz CT molecular complexity index is 840. The predicted molar refractivity (Wildman–Crippen MR) is 105 cm³/mol. The number of thiazole rings is 1. The number of fused-ring (bicyclic) bond motifs is 1. The van der Waals surface area contributed by atoms with Gasteiger partial charge in [-0.25, -0.2) is 4.98 Å². The van der Waals surface area contributed by atoms with Crippen molar-refractivity contribution in [3.05, 3.63) is 51.0 Å². The first kappa shape index (κ1) is 18.8. The number of rotatable bonds is 4. The Balaban J connectivity index is 1.86. The highest BCUT2D eigenvalue weighted by atomic mass is 32.1. The Kier molecular flexibility index (Phi) is 5.28. The van der Waals surface area contributed by atoms with Crippen LogP contribution >= 0.6 is 11.3 Å². The van der Waals surface area contributed by atoms with Crippen molar-refractivity contribution in [2.24, 2.45) is 0 Å². The van der Waals surface area contributed by atoms with Gasteiger partial charge >= 0.3 is 0 Å². The van der Waals surface area contributed by atoms with E-state index in [1.165, 1.54) is 0 Å². The summed E-state index contributed by atoms with van der Waals surface area (Å²) in [5.74, 6) is 0.364. The molecule has 26 heavy (non-hydrogen) atoms. The molecule has 1 aromatic heterocycles. The molecule has 2 aromatic rings. The van der Waals surface area contributed by atoms with Crippen molar-refractivity contribution in [2.45, 2.75) is 58.4 Å². The first-order valence-electron chi connectivity index (χ1n) is 9.17. The van der Waals surface area contributed by atoms with Crippen molar-refractivity contribution in [1.82, 2.24) is 9.88 Å². The summed E-state index contributed by atoms with van der Waals surface area (Å²) in [6, 6.07) is 7.50. The standard InChI is InChI=1S/C21H26N2O2S/c1-12(2)20-22-13(3)19(26-20)14(4)23(5)21(25)17-10-11-18(24)16-9-7-6-8-15(16)17/h6-9,12,14,17H,10-11H2,1-5H3. The third kappa shape index (κ3) is 3.32. The van der Waals surface area contributed by atoms with Gasteiger partial charge in [-0.3, -0.25) is 9.59 Å². The number of aryl methyl sites for hydroxylation is 1. The zero-order chi connectivity index (χ0) is 19.0. The van der Waals surface area contributed by atoms with E-state index in [2.05, 4.69) is 25.8 Å². The molecule has 4 nitrogen and oxygen atoms in total. The minimum Gasteiger partial charge on any atom is -0.338 e. The van der Waals surface area contributed by atoms with Crippen LogP contribution in [-0.4, -0.2) is 28.6 Å². The van der Waals surface area contributed by atoms with Crippen LogP contribution in [0.15, 0.2) is 24.3 Å². The fourth-order valence-corrected chi connectivity index (χ4v) is 4.72. The molecule has 2 atom stereocenters. The van der Waals surface area contributed by atoms with Gasteiger partial charge in [0.15, 0.2) is 5.78 Å². The normalized spacial score (nSPS) is 17.9. The highest BCUT2D eigenvalue weighted by Crippen LogP contribution is 2.36. The number of amides is 1. The molecule has 0 N–H and O–H groups in total. The van der Waals surface area contributed by atoms with Crippen LogP contribution in [0.2, 0.25) is 0 Å². The summed E-state index contributed by atoms with van der Waals surface area (Å²) in [6.45, 7) is 8.35. The molecule has 1 aliphatic carbocycles. The minimum absolute atomic E-state index is 0.0303. The fourth-order valence-electron chi connectivity index (χ4n) is 3.55. The van der Waals surface area contributed by atoms with Crippen molar-refractivity contribution in [2.75, 3.05) is 7.05 Å². The Hall–Kier alpha value is -2.01. The maximum atomic E-state index is 13.2. The molecule has 0 saturated carbocycles. The van der Waals surface area contributed by atoms with Crippen molar-refractivity contribution >= 4 is 23.0 Å². The molecular weight excluding hydrogens is 344 g/mol. The molecule has 1 aliphatic rings. The summed E-state index contributed by atoms with van der Waals surface area (Å²) in [5, 5.41) is 1.11. The van der Waals surface area contributed by atoms with Crippen LogP contribution in [0.1, 0.15) is 83.0 Å². The molecule has 0 spiro atoms. The quantitative estimate of drug-likeness (QED) is 0.773. The monoisotopic (exact) mass is 370 g/mol. The molecule has 0 bridgehead atoms. The largest absolute Gasteiger partial charge is 0.338 e. The Morgan fingerprint density at radius 1 is 1.27 bits per heavy atom. The zero-order valence-corrected chi connectivity index (χ0v) is 16.9. The minimum atomic E-state index is -0.242. The van der Waals surface area contributed by atoms with Crippen LogP contribution < -0.4 is 0 Å². The predicted octanol–water partition coefficient (Wildman–Crippen LogP) is 4.85. The number of aromatic nitrogens is 1. The molecule has 0 fully saturated rings. The maximum Gasteiger partial charge on any atom is 0.230 e. The van der Waals surface area contributed by atoms with Crippen LogP contribution in [0, 0.1) is 6.92 Å². The number of Topliss-reactive ketones (excluding diaryl/α,β-unsaturated/α-hetero) is 1. The summed E-state index contributed by atoms with van der Waals surface area (Å²) in [6.07, 6.45) is 1.03. The van der Waals surface area contributed by atoms with Crippen LogP contribution in [0.25, 0.3) is 0 Å². The summed E-state index contributed by atoms with van der Waals surface area (Å²) < 4.78 is 0. The number of nitrogens with zero attached hydrogens (tertiary/aromatic N) is 2. The molecule has 1 amide bonds. The summed E-state index contributed by atoms with van der Waals surface area (Å²) in [5.41, 5.74) is 2.58. The van der Waals surface area contributed by atoms with Gasteiger partial charge < -0.3 is 4.90 Å². The van der Waals surface area contributed by atoms with Gasteiger partial charge in [0.2, 0.25) is 5.91 Å².